The Kier molecular flexibility index (Phi) is 2.99. The molecule has 1 N–H and O–H groups in total. The Hall–Kier alpha value is 0.440. The highest BCUT2D eigenvalue weighted by Crippen LogP contribution is 2.42. The SMILES string of the molecule is CN(C)P(=O)(O)CCl. The molecule has 0 spiro atoms. The van der Waals surface area contributed by atoms with Crippen molar-refractivity contribution in [2.75, 3.05) is 19.7 Å². The zero-order valence-corrected chi connectivity index (χ0v) is 6.49. The maximum atomic E-state index is 10.6. The second-order valence-electron chi connectivity index (χ2n) is 1.63. The third kappa shape index (κ3) is 2.14. The maximum Gasteiger partial charge on any atom is 0.283 e. The van der Waals surface area contributed by atoms with Crippen molar-refractivity contribution in [1.82, 2.24) is 4.67 Å². The Balaban J connectivity index is 3.93. The van der Waals surface area contributed by atoms with Gasteiger partial charge in [-0.05, 0) is 14.1 Å². The molecule has 0 radical (unpaired) electrons. The van der Waals surface area contributed by atoms with Gasteiger partial charge in [0, 0.05) is 0 Å². The van der Waals surface area contributed by atoms with E-state index in [0.29, 0.717) is 0 Å². The third-order valence-corrected chi connectivity index (χ3v) is 3.28. The minimum atomic E-state index is -3.15. The van der Waals surface area contributed by atoms with Crippen LogP contribution in [0.1, 0.15) is 0 Å². The molecule has 5 heteroatoms. The van der Waals surface area contributed by atoms with Gasteiger partial charge in [-0.1, -0.05) is 0 Å². The minimum absolute atomic E-state index is 0.208. The molecule has 0 aliphatic heterocycles. The summed E-state index contributed by atoms with van der Waals surface area (Å²) in [5, 5.41) is 0. The summed E-state index contributed by atoms with van der Waals surface area (Å²) in [4.78, 5) is 8.75. The number of nitrogens with zero attached hydrogens (tertiary/aromatic N) is 1. The van der Waals surface area contributed by atoms with Gasteiger partial charge < -0.3 is 4.89 Å². The molecule has 0 saturated heterocycles. The van der Waals surface area contributed by atoms with Gasteiger partial charge in [0.25, 0.3) is 7.52 Å². The van der Waals surface area contributed by atoms with Gasteiger partial charge in [0.05, 0.1) is 0 Å². The van der Waals surface area contributed by atoms with Crippen LogP contribution in [-0.4, -0.2) is 29.3 Å². The van der Waals surface area contributed by atoms with Crippen LogP contribution in [0.2, 0.25) is 0 Å². The van der Waals surface area contributed by atoms with Crippen LogP contribution >= 0.6 is 19.1 Å². The molecule has 0 aromatic carbocycles. The van der Waals surface area contributed by atoms with Gasteiger partial charge >= 0.3 is 0 Å². The van der Waals surface area contributed by atoms with Crippen LogP contribution in [0.5, 0.6) is 0 Å². The average molecular weight is 158 g/mol. The van der Waals surface area contributed by atoms with Gasteiger partial charge in [0.15, 0.2) is 0 Å². The highest BCUT2D eigenvalue weighted by Gasteiger charge is 2.18. The molecule has 0 heterocycles. The lowest BCUT2D eigenvalue weighted by atomic mass is 11.3. The lowest BCUT2D eigenvalue weighted by Crippen LogP contribution is -2.07. The minimum Gasteiger partial charge on any atom is -0.332 e. The van der Waals surface area contributed by atoms with Crippen LogP contribution < -0.4 is 0 Å². The van der Waals surface area contributed by atoms with E-state index in [0.717, 1.165) is 0 Å². The van der Waals surface area contributed by atoms with Crippen molar-refractivity contribution in [3.63, 3.8) is 0 Å². The highest BCUT2D eigenvalue weighted by molar-refractivity contribution is 7.57. The van der Waals surface area contributed by atoms with Crippen LogP contribution in [0.4, 0.5) is 0 Å². The molecule has 8 heavy (non-hydrogen) atoms. The van der Waals surface area contributed by atoms with Crippen molar-refractivity contribution in [1.29, 1.82) is 0 Å². The van der Waals surface area contributed by atoms with E-state index in [1.807, 2.05) is 0 Å². The van der Waals surface area contributed by atoms with Gasteiger partial charge in [0.1, 0.15) is 5.62 Å². The molecule has 1 atom stereocenters. The molecule has 0 saturated carbocycles. The van der Waals surface area contributed by atoms with Crippen molar-refractivity contribution in [3.05, 3.63) is 0 Å². The van der Waals surface area contributed by atoms with Crippen LogP contribution in [0, 0.1) is 0 Å². The van der Waals surface area contributed by atoms with E-state index in [1.54, 1.807) is 0 Å². The molecular weight excluding hydrogens is 148 g/mol. The van der Waals surface area contributed by atoms with E-state index in [9.17, 15) is 4.57 Å². The first-order valence-corrected chi connectivity index (χ1v) is 4.39. The van der Waals surface area contributed by atoms with E-state index in [2.05, 4.69) is 0 Å². The molecule has 0 aromatic rings. The molecule has 1 unspecified atom stereocenters. The third-order valence-electron chi connectivity index (χ3n) is 0.781. The Labute approximate surface area is 53.8 Å². The lowest BCUT2D eigenvalue weighted by Gasteiger charge is -2.14. The van der Waals surface area contributed by atoms with E-state index in [-0.39, 0.29) is 5.62 Å². The maximum absolute atomic E-state index is 10.6. The first-order valence-electron chi connectivity index (χ1n) is 2.06. The largest absolute Gasteiger partial charge is 0.332 e. The summed E-state index contributed by atoms with van der Waals surface area (Å²) in [6.07, 6.45) is 0. The van der Waals surface area contributed by atoms with Crippen LogP contribution in [0.25, 0.3) is 0 Å². The molecule has 0 amide bonds. The highest BCUT2D eigenvalue weighted by atomic mass is 35.5. The van der Waals surface area contributed by atoms with Gasteiger partial charge in [-0.2, -0.15) is 0 Å². The van der Waals surface area contributed by atoms with Crippen molar-refractivity contribution in [2.45, 2.75) is 0 Å². The average Bonchev–Trinajstić information content (AvgIpc) is 1.67. The van der Waals surface area contributed by atoms with Crippen LogP contribution in [0.3, 0.4) is 0 Å². The predicted molar refractivity (Wildman–Crippen MR) is 34.2 cm³/mol. The fraction of sp³-hybridized carbons (Fsp3) is 1.00. The summed E-state index contributed by atoms with van der Waals surface area (Å²) >= 11 is 5.13. The zero-order chi connectivity index (χ0) is 6.78. The van der Waals surface area contributed by atoms with E-state index in [4.69, 9.17) is 16.5 Å². The monoisotopic (exact) mass is 157 g/mol. The van der Waals surface area contributed by atoms with Gasteiger partial charge in [0.2, 0.25) is 0 Å². The van der Waals surface area contributed by atoms with E-state index in [1.165, 1.54) is 18.8 Å². The first-order chi connectivity index (χ1) is 3.50. The molecule has 0 fully saturated rings. The fourth-order valence-corrected chi connectivity index (χ4v) is 0.962. The molecule has 0 aromatic heterocycles. The molecule has 0 rings (SSSR count). The number of hydrogen-bond acceptors (Lipinski definition) is 1. The number of hydrogen-bond donors (Lipinski definition) is 1. The smallest absolute Gasteiger partial charge is 0.283 e. The van der Waals surface area contributed by atoms with Crippen molar-refractivity contribution >= 4 is 19.1 Å². The second kappa shape index (κ2) is 2.83. The zero-order valence-electron chi connectivity index (χ0n) is 4.83. The van der Waals surface area contributed by atoms with Crippen molar-refractivity contribution in [3.8, 4) is 0 Å². The Morgan fingerprint density at radius 3 is 2.12 bits per heavy atom. The summed E-state index contributed by atoms with van der Waals surface area (Å²) in [7, 11) is -0.113. The quantitative estimate of drug-likeness (QED) is 0.479. The van der Waals surface area contributed by atoms with E-state index < -0.39 is 7.52 Å². The number of alkyl halides is 1. The molecule has 0 aliphatic carbocycles. The Bertz CT molecular complexity index is 116. The fourth-order valence-electron chi connectivity index (χ4n) is 0.107. The van der Waals surface area contributed by atoms with Crippen LogP contribution in [-0.2, 0) is 4.57 Å². The summed E-state index contributed by atoms with van der Waals surface area (Å²) in [6, 6.07) is 0. The molecule has 0 bridgehead atoms. The summed E-state index contributed by atoms with van der Waals surface area (Å²) in [5.74, 6) is 0. The van der Waals surface area contributed by atoms with Gasteiger partial charge in [-0.15, -0.1) is 11.6 Å². The number of halogens is 1. The Morgan fingerprint density at radius 2 is 2.12 bits per heavy atom. The van der Waals surface area contributed by atoms with Crippen LogP contribution in [0.15, 0.2) is 0 Å². The summed E-state index contributed by atoms with van der Waals surface area (Å²) < 4.78 is 11.9. The summed E-state index contributed by atoms with van der Waals surface area (Å²) in [6.45, 7) is 0. The first kappa shape index (κ1) is 8.44. The molecular formula is C3H9ClNO2P. The standard InChI is InChI=1S/C3H9ClNO2P/c1-5(2)8(6,7)3-4/h3H2,1-2H3,(H,6,7). The van der Waals surface area contributed by atoms with Gasteiger partial charge in [-0.3, -0.25) is 4.57 Å². The molecule has 50 valence electrons. The summed E-state index contributed by atoms with van der Waals surface area (Å²) in [5.41, 5.74) is -0.208. The normalized spacial score (nSPS) is 18.6. The Morgan fingerprint density at radius 1 is 1.75 bits per heavy atom. The molecule has 3 nitrogen and oxygen atoms in total. The second-order valence-corrected chi connectivity index (χ2v) is 4.72. The van der Waals surface area contributed by atoms with Crippen molar-refractivity contribution in [2.24, 2.45) is 0 Å². The lowest BCUT2D eigenvalue weighted by molar-refractivity contribution is 0.416. The van der Waals surface area contributed by atoms with Crippen molar-refractivity contribution < 1.29 is 9.46 Å². The van der Waals surface area contributed by atoms with E-state index >= 15 is 0 Å². The molecule has 0 aliphatic rings. The predicted octanol–water partition coefficient (Wildman–Crippen LogP) is 0.930. The number of rotatable bonds is 2. The van der Waals surface area contributed by atoms with Gasteiger partial charge in [-0.25, -0.2) is 4.67 Å². The topological polar surface area (TPSA) is 40.5 Å².